The number of aryl methyl sites for hydroxylation is 1. The number of non-ortho nitro benzene ring substituents is 1. The number of nitro benzene ring substituents is 1. The number of nitrogens with zero attached hydrogens (tertiary/aromatic N) is 4. The van der Waals surface area contributed by atoms with E-state index in [4.69, 9.17) is 0 Å². The number of hydrogen-bond acceptors (Lipinski definition) is 6. The summed E-state index contributed by atoms with van der Waals surface area (Å²) in [4.78, 5) is 23.7. The predicted molar refractivity (Wildman–Crippen MR) is 165 cm³/mol. The molecule has 0 aliphatic heterocycles. The number of nitrogens with one attached hydrogen (secondary N) is 1. The first-order valence-electron chi connectivity index (χ1n) is 13.5. The van der Waals surface area contributed by atoms with Crippen LogP contribution in [0.15, 0.2) is 114 Å². The van der Waals surface area contributed by atoms with Gasteiger partial charge >= 0.3 is 0 Å². The average Bonchev–Trinajstić information content (AvgIpc) is 3.44. The molecular formula is C33H28FN5O3S. The maximum atomic E-state index is 13.4. The number of thioether (sulfide) groups is 1. The molecule has 1 unspecified atom stereocenters. The summed E-state index contributed by atoms with van der Waals surface area (Å²) in [6.45, 7) is 2.01. The lowest BCUT2D eigenvalue weighted by Crippen LogP contribution is -2.30. The van der Waals surface area contributed by atoms with Crippen molar-refractivity contribution in [3.8, 4) is 5.69 Å². The summed E-state index contributed by atoms with van der Waals surface area (Å²) < 4.78 is 15.4. The molecule has 1 atom stereocenters. The van der Waals surface area contributed by atoms with E-state index in [1.807, 2.05) is 66.1 Å². The molecule has 1 amide bonds. The molecule has 4 aromatic carbocycles. The van der Waals surface area contributed by atoms with Crippen molar-refractivity contribution in [2.45, 2.75) is 30.3 Å². The second kappa shape index (κ2) is 13.7. The Morgan fingerprint density at radius 1 is 0.953 bits per heavy atom. The van der Waals surface area contributed by atoms with Crippen molar-refractivity contribution in [3.63, 3.8) is 0 Å². The molecule has 43 heavy (non-hydrogen) atoms. The molecular weight excluding hydrogens is 565 g/mol. The van der Waals surface area contributed by atoms with Gasteiger partial charge in [-0.2, -0.15) is 0 Å². The van der Waals surface area contributed by atoms with Gasteiger partial charge in [-0.3, -0.25) is 19.5 Å². The topological polar surface area (TPSA) is 103 Å². The molecule has 1 N–H and O–H groups in total. The first kappa shape index (κ1) is 29.4. The van der Waals surface area contributed by atoms with Crippen molar-refractivity contribution in [3.05, 3.63) is 153 Å². The van der Waals surface area contributed by atoms with Gasteiger partial charge in [0, 0.05) is 29.6 Å². The Morgan fingerprint density at radius 3 is 2.33 bits per heavy atom. The minimum absolute atomic E-state index is 0.0203. The highest BCUT2D eigenvalue weighted by molar-refractivity contribution is 7.98. The van der Waals surface area contributed by atoms with Crippen molar-refractivity contribution in [2.75, 3.05) is 0 Å². The molecule has 1 aromatic heterocycles. The number of aromatic nitrogens is 3. The summed E-state index contributed by atoms with van der Waals surface area (Å²) in [6.07, 6.45) is 3.47. The highest BCUT2D eigenvalue weighted by atomic mass is 32.2. The van der Waals surface area contributed by atoms with Gasteiger partial charge in [0.25, 0.3) is 5.69 Å². The van der Waals surface area contributed by atoms with Gasteiger partial charge in [0.15, 0.2) is 11.0 Å². The fourth-order valence-corrected chi connectivity index (χ4v) is 5.34. The van der Waals surface area contributed by atoms with Crippen LogP contribution in [-0.2, 0) is 17.0 Å². The molecule has 0 saturated heterocycles. The molecule has 10 heteroatoms. The molecule has 0 spiro atoms. The lowest BCUT2D eigenvalue weighted by molar-refractivity contribution is -0.384. The summed E-state index contributed by atoms with van der Waals surface area (Å²) in [6, 6.07) is 29.5. The molecule has 5 aromatic rings. The molecule has 216 valence electrons. The highest BCUT2D eigenvalue weighted by Crippen LogP contribution is 2.29. The van der Waals surface area contributed by atoms with Crippen molar-refractivity contribution in [1.82, 2.24) is 20.1 Å². The molecule has 0 saturated carbocycles. The Bertz CT molecular complexity index is 1720. The summed E-state index contributed by atoms with van der Waals surface area (Å²) in [5.74, 6) is 0.475. The van der Waals surface area contributed by atoms with E-state index in [0.29, 0.717) is 28.7 Å². The second-order valence-corrected chi connectivity index (χ2v) is 10.8. The van der Waals surface area contributed by atoms with Gasteiger partial charge in [0.2, 0.25) is 5.91 Å². The third-order valence-electron chi connectivity index (χ3n) is 6.67. The quantitative estimate of drug-likeness (QED) is 0.0764. The number of carbonyl (C=O) groups is 1. The third kappa shape index (κ3) is 7.81. The minimum Gasteiger partial charge on any atom is -0.342 e. The summed E-state index contributed by atoms with van der Waals surface area (Å²) in [5.41, 5.74) is 4.53. The van der Waals surface area contributed by atoms with E-state index in [0.717, 1.165) is 22.4 Å². The molecule has 0 fully saturated rings. The van der Waals surface area contributed by atoms with E-state index < -0.39 is 11.0 Å². The number of halogens is 1. The van der Waals surface area contributed by atoms with Crippen LogP contribution in [0.5, 0.6) is 0 Å². The van der Waals surface area contributed by atoms with Crippen LogP contribution in [-0.4, -0.2) is 25.6 Å². The van der Waals surface area contributed by atoms with Crippen molar-refractivity contribution in [1.29, 1.82) is 0 Å². The van der Waals surface area contributed by atoms with E-state index >= 15 is 0 Å². The van der Waals surface area contributed by atoms with Gasteiger partial charge in [-0.1, -0.05) is 71.9 Å². The zero-order valence-electron chi connectivity index (χ0n) is 23.3. The zero-order chi connectivity index (χ0) is 30.2. The van der Waals surface area contributed by atoms with Gasteiger partial charge in [0.1, 0.15) is 5.82 Å². The van der Waals surface area contributed by atoms with Gasteiger partial charge in [0.05, 0.1) is 11.0 Å². The number of hydrogen-bond donors (Lipinski definition) is 1. The number of carbonyl (C=O) groups excluding carboxylic acids is 1. The maximum Gasteiger partial charge on any atom is 0.269 e. The number of benzene rings is 4. The highest BCUT2D eigenvalue weighted by Gasteiger charge is 2.24. The molecule has 5 rings (SSSR count). The summed E-state index contributed by atoms with van der Waals surface area (Å²) >= 11 is 1.47. The van der Waals surface area contributed by atoms with Crippen molar-refractivity contribution in [2.24, 2.45) is 0 Å². The zero-order valence-corrected chi connectivity index (χ0v) is 24.1. The monoisotopic (exact) mass is 593 g/mol. The van der Waals surface area contributed by atoms with Gasteiger partial charge < -0.3 is 5.32 Å². The molecule has 0 bridgehead atoms. The van der Waals surface area contributed by atoms with Crippen molar-refractivity contribution >= 4 is 29.4 Å². The Labute approximate surface area is 252 Å². The van der Waals surface area contributed by atoms with Gasteiger partial charge in [-0.15, -0.1) is 10.2 Å². The Hall–Kier alpha value is -5.09. The fraction of sp³-hybridized carbons (Fsp3) is 0.121. The Balaban J connectivity index is 1.46. The minimum atomic E-state index is -0.537. The van der Waals surface area contributed by atoms with Crippen molar-refractivity contribution < 1.29 is 14.1 Å². The normalized spacial score (nSPS) is 11.9. The fourth-order valence-electron chi connectivity index (χ4n) is 4.42. The average molecular weight is 594 g/mol. The van der Waals surface area contributed by atoms with Crippen LogP contribution in [0.1, 0.15) is 34.1 Å². The van der Waals surface area contributed by atoms with Crippen LogP contribution in [0.4, 0.5) is 10.1 Å². The molecule has 8 nitrogen and oxygen atoms in total. The van der Waals surface area contributed by atoms with Crippen LogP contribution in [0.2, 0.25) is 0 Å². The first-order valence-corrected chi connectivity index (χ1v) is 14.5. The third-order valence-corrected chi connectivity index (χ3v) is 7.67. The Kier molecular flexibility index (Phi) is 9.38. The van der Waals surface area contributed by atoms with E-state index in [2.05, 4.69) is 15.5 Å². The molecule has 0 radical (unpaired) electrons. The number of rotatable bonds is 11. The smallest absolute Gasteiger partial charge is 0.269 e. The van der Waals surface area contributed by atoms with Crippen LogP contribution in [0, 0.1) is 22.9 Å². The van der Waals surface area contributed by atoms with E-state index in [9.17, 15) is 19.3 Å². The van der Waals surface area contributed by atoms with E-state index in [1.54, 1.807) is 30.3 Å². The summed E-state index contributed by atoms with van der Waals surface area (Å²) in [5, 5.41) is 23.8. The number of nitro groups is 1. The van der Waals surface area contributed by atoms with Crippen LogP contribution in [0.3, 0.4) is 0 Å². The SMILES string of the molecule is Cc1ccc(-n2c(SCc3ccc(F)cc3)nnc2C(Cc2ccccc2)NC(=O)/C=C/c2ccc([N+](=O)[O-])cc2)cc1. The van der Waals surface area contributed by atoms with Crippen LogP contribution < -0.4 is 5.32 Å². The molecule has 1 heterocycles. The second-order valence-electron chi connectivity index (χ2n) is 9.86. The van der Waals surface area contributed by atoms with Gasteiger partial charge in [-0.05, 0) is 72.5 Å². The first-order chi connectivity index (χ1) is 20.9. The van der Waals surface area contributed by atoms with Crippen LogP contribution in [0.25, 0.3) is 11.8 Å². The number of amides is 1. The molecule has 0 aliphatic rings. The predicted octanol–water partition coefficient (Wildman–Crippen LogP) is 7.03. The summed E-state index contributed by atoms with van der Waals surface area (Å²) in [7, 11) is 0. The standard InChI is InChI=1S/C33H28FN5O3S/c1-23-7-16-28(17-8-23)38-32(36-37-33(38)43-22-26-9-14-27(34)15-10-26)30(21-25-5-3-2-4-6-25)35-31(40)20-13-24-11-18-29(19-12-24)39(41)42/h2-20,30H,21-22H2,1H3,(H,35,40)/b20-13+. The van der Waals surface area contributed by atoms with E-state index in [1.165, 1.54) is 42.1 Å². The lowest BCUT2D eigenvalue weighted by atomic mass is 10.0. The van der Waals surface area contributed by atoms with Gasteiger partial charge in [-0.25, -0.2) is 4.39 Å². The lowest BCUT2D eigenvalue weighted by Gasteiger charge is -2.20. The maximum absolute atomic E-state index is 13.4. The molecule has 0 aliphatic carbocycles. The van der Waals surface area contributed by atoms with E-state index in [-0.39, 0.29) is 17.4 Å². The Morgan fingerprint density at radius 2 is 1.65 bits per heavy atom. The van der Waals surface area contributed by atoms with Crippen LogP contribution >= 0.6 is 11.8 Å². The largest absolute Gasteiger partial charge is 0.342 e.